The zero-order chi connectivity index (χ0) is 21.3. The maximum absolute atomic E-state index is 11.5. The van der Waals surface area contributed by atoms with Crippen molar-refractivity contribution in [3.63, 3.8) is 0 Å². The Kier molecular flexibility index (Phi) is 5.68. The van der Waals surface area contributed by atoms with Gasteiger partial charge in [0, 0.05) is 48.0 Å². The number of ether oxygens (including phenoxy) is 1. The molecule has 3 N–H and O–H groups in total. The predicted molar refractivity (Wildman–Crippen MR) is 120 cm³/mol. The minimum absolute atomic E-state index is 0.244. The van der Waals surface area contributed by atoms with Crippen molar-refractivity contribution in [3.05, 3.63) is 58.8 Å². The third kappa shape index (κ3) is 3.63. The highest BCUT2D eigenvalue weighted by Gasteiger charge is 2.27. The van der Waals surface area contributed by atoms with Crippen molar-refractivity contribution in [2.45, 2.75) is 38.8 Å². The van der Waals surface area contributed by atoms with Gasteiger partial charge in [0.2, 0.25) is 0 Å². The zero-order valence-electron chi connectivity index (χ0n) is 17.8. The molecule has 3 aromatic rings. The smallest absolute Gasteiger partial charge is 0.337 e. The number of benzene rings is 2. The molecule has 1 fully saturated rings. The highest BCUT2D eigenvalue weighted by atomic mass is 16.5. The summed E-state index contributed by atoms with van der Waals surface area (Å²) in [7, 11) is 3.50. The number of carboxylic acid groups (broad SMARTS) is 1. The lowest BCUT2D eigenvalue weighted by atomic mass is 9.92. The van der Waals surface area contributed by atoms with Crippen LogP contribution in [0.5, 0.6) is 5.75 Å². The minimum Gasteiger partial charge on any atom is -0.496 e. The number of anilines is 1. The number of likely N-dealkylation sites (tertiary alicyclic amines) is 1. The number of rotatable bonds is 6. The normalized spacial score (nSPS) is 17.2. The van der Waals surface area contributed by atoms with Crippen LogP contribution in [0.25, 0.3) is 10.9 Å². The van der Waals surface area contributed by atoms with Crippen LogP contribution in [-0.2, 0) is 6.54 Å². The molecule has 1 aromatic heterocycles. The first-order valence-electron chi connectivity index (χ1n) is 10.5. The zero-order valence-corrected chi connectivity index (χ0v) is 17.8. The second-order valence-electron chi connectivity index (χ2n) is 7.98. The van der Waals surface area contributed by atoms with Gasteiger partial charge in [0.05, 0.1) is 12.7 Å². The molecule has 2 aromatic carbocycles. The Morgan fingerprint density at radius 2 is 2.13 bits per heavy atom. The molecule has 0 spiro atoms. The van der Waals surface area contributed by atoms with Crippen molar-refractivity contribution in [1.82, 2.24) is 9.88 Å². The number of H-pyrrole nitrogens is 1. The minimum atomic E-state index is -0.911. The largest absolute Gasteiger partial charge is 0.496 e. The molecular formula is C24H29N3O3. The average Bonchev–Trinajstić information content (AvgIpc) is 3.26. The van der Waals surface area contributed by atoms with Crippen molar-refractivity contribution < 1.29 is 14.6 Å². The lowest BCUT2D eigenvalue weighted by molar-refractivity contribution is 0.0698. The van der Waals surface area contributed by atoms with E-state index in [4.69, 9.17) is 4.74 Å². The van der Waals surface area contributed by atoms with Crippen LogP contribution in [0.3, 0.4) is 0 Å². The van der Waals surface area contributed by atoms with Gasteiger partial charge in [-0.15, -0.1) is 0 Å². The number of aromatic carboxylic acids is 1. The maximum atomic E-state index is 11.5. The first-order valence-corrected chi connectivity index (χ1v) is 10.5. The number of carboxylic acids is 1. The van der Waals surface area contributed by atoms with Crippen molar-refractivity contribution >= 4 is 22.6 Å². The van der Waals surface area contributed by atoms with Crippen LogP contribution in [0.4, 0.5) is 5.69 Å². The van der Waals surface area contributed by atoms with Crippen molar-refractivity contribution in [2.75, 3.05) is 26.0 Å². The van der Waals surface area contributed by atoms with Gasteiger partial charge in [-0.05, 0) is 61.7 Å². The summed E-state index contributed by atoms with van der Waals surface area (Å²) in [4.78, 5) is 17.4. The standard InChI is InChI=1S/C24H29N3O3/c1-15-12-22(30-3)19(17-9-10-26-23(15)17)14-27-11-5-4-6-21(27)16-7-8-18(24(28)29)20(13-16)25-2/h7-10,12-13,21,25-26H,4-6,11,14H2,1-3H3,(H,28,29)/t21-/m1/s1. The van der Waals surface area contributed by atoms with Crippen LogP contribution in [-0.4, -0.2) is 41.7 Å². The number of nitrogens with zero attached hydrogens (tertiary/aromatic N) is 1. The topological polar surface area (TPSA) is 77.6 Å². The molecule has 1 aliphatic rings. The fourth-order valence-corrected chi connectivity index (χ4v) is 4.70. The summed E-state index contributed by atoms with van der Waals surface area (Å²) in [6.45, 7) is 3.89. The molecule has 1 saturated heterocycles. The number of hydrogen-bond donors (Lipinski definition) is 3. The third-order valence-corrected chi connectivity index (χ3v) is 6.23. The second kappa shape index (κ2) is 8.40. The van der Waals surface area contributed by atoms with Gasteiger partial charge < -0.3 is 20.1 Å². The molecule has 6 heteroatoms. The summed E-state index contributed by atoms with van der Waals surface area (Å²) >= 11 is 0. The first kappa shape index (κ1) is 20.3. The summed E-state index contributed by atoms with van der Waals surface area (Å²) in [5.74, 6) is 0.00621. The number of aromatic amines is 1. The van der Waals surface area contributed by atoms with Crippen LogP contribution >= 0.6 is 0 Å². The van der Waals surface area contributed by atoms with Gasteiger partial charge in [-0.25, -0.2) is 4.79 Å². The van der Waals surface area contributed by atoms with Gasteiger partial charge in [0.25, 0.3) is 0 Å². The number of nitrogens with one attached hydrogen (secondary N) is 2. The highest BCUT2D eigenvalue weighted by molar-refractivity contribution is 5.94. The lowest BCUT2D eigenvalue weighted by Gasteiger charge is -2.37. The van der Waals surface area contributed by atoms with Gasteiger partial charge >= 0.3 is 5.97 Å². The number of piperidine rings is 1. The summed E-state index contributed by atoms with van der Waals surface area (Å²) in [5, 5.41) is 13.7. The molecule has 4 rings (SSSR count). The van der Waals surface area contributed by atoms with E-state index in [2.05, 4.69) is 34.3 Å². The molecule has 0 radical (unpaired) electrons. The average molecular weight is 408 g/mol. The van der Waals surface area contributed by atoms with Crippen LogP contribution in [0.1, 0.15) is 52.4 Å². The van der Waals surface area contributed by atoms with E-state index in [1.807, 2.05) is 18.3 Å². The summed E-state index contributed by atoms with van der Waals surface area (Å²) in [6, 6.07) is 10.1. The van der Waals surface area contributed by atoms with Crippen LogP contribution in [0.15, 0.2) is 36.5 Å². The predicted octanol–water partition coefficient (Wildman–Crippen LogP) is 4.95. The Balaban J connectivity index is 1.71. The molecule has 1 atom stereocenters. The number of aromatic nitrogens is 1. The lowest BCUT2D eigenvalue weighted by Crippen LogP contribution is -2.33. The summed E-state index contributed by atoms with van der Waals surface area (Å²) in [5.41, 5.74) is 5.64. The van der Waals surface area contributed by atoms with Crippen LogP contribution < -0.4 is 10.1 Å². The first-order chi connectivity index (χ1) is 14.5. The molecule has 0 bridgehead atoms. The highest BCUT2D eigenvalue weighted by Crippen LogP contribution is 2.38. The molecule has 0 unspecified atom stereocenters. The molecule has 6 nitrogen and oxygen atoms in total. The number of methoxy groups -OCH3 is 1. The molecule has 0 aliphatic carbocycles. The number of aryl methyl sites for hydroxylation is 1. The summed E-state index contributed by atoms with van der Waals surface area (Å²) in [6.07, 6.45) is 5.37. The molecule has 30 heavy (non-hydrogen) atoms. The van der Waals surface area contributed by atoms with E-state index < -0.39 is 5.97 Å². The third-order valence-electron chi connectivity index (χ3n) is 6.23. The molecule has 158 valence electrons. The van der Waals surface area contributed by atoms with E-state index in [0.29, 0.717) is 11.3 Å². The van der Waals surface area contributed by atoms with Gasteiger partial charge in [0.15, 0.2) is 0 Å². The maximum Gasteiger partial charge on any atom is 0.337 e. The van der Waals surface area contributed by atoms with Gasteiger partial charge in [-0.2, -0.15) is 0 Å². The van der Waals surface area contributed by atoms with Crippen molar-refractivity contribution in [1.29, 1.82) is 0 Å². The van der Waals surface area contributed by atoms with E-state index in [9.17, 15) is 9.90 Å². The van der Waals surface area contributed by atoms with Gasteiger partial charge in [-0.3, -0.25) is 4.90 Å². The monoisotopic (exact) mass is 407 g/mol. The molecular weight excluding hydrogens is 378 g/mol. The Morgan fingerprint density at radius 1 is 1.30 bits per heavy atom. The van der Waals surface area contributed by atoms with E-state index in [1.54, 1.807) is 20.2 Å². The Labute approximate surface area is 176 Å². The molecule has 1 aliphatic heterocycles. The number of hydrogen-bond acceptors (Lipinski definition) is 4. The van der Waals surface area contributed by atoms with Crippen LogP contribution in [0, 0.1) is 6.92 Å². The Bertz CT molecular complexity index is 1070. The summed E-state index contributed by atoms with van der Waals surface area (Å²) < 4.78 is 5.75. The van der Waals surface area contributed by atoms with Gasteiger partial charge in [0.1, 0.15) is 5.75 Å². The van der Waals surface area contributed by atoms with Gasteiger partial charge in [-0.1, -0.05) is 12.5 Å². The number of fused-ring (bicyclic) bond motifs is 1. The fraction of sp³-hybridized carbons (Fsp3) is 0.375. The second-order valence-corrected chi connectivity index (χ2v) is 7.98. The molecule has 0 amide bonds. The Morgan fingerprint density at radius 3 is 2.87 bits per heavy atom. The Hall–Kier alpha value is -2.99. The van der Waals surface area contributed by atoms with E-state index in [1.165, 1.54) is 22.9 Å². The molecule has 2 heterocycles. The fourth-order valence-electron chi connectivity index (χ4n) is 4.70. The van der Waals surface area contributed by atoms with E-state index in [-0.39, 0.29) is 6.04 Å². The van der Waals surface area contributed by atoms with E-state index >= 15 is 0 Å². The SMILES string of the molecule is CNc1cc([C@H]2CCCCN2Cc2c(OC)cc(C)c3[nH]ccc23)ccc1C(=O)O. The number of carbonyl (C=O) groups is 1. The quantitative estimate of drug-likeness (QED) is 0.539. The van der Waals surface area contributed by atoms with Crippen molar-refractivity contribution in [3.8, 4) is 5.75 Å². The molecule has 0 saturated carbocycles. The van der Waals surface area contributed by atoms with Crippen LogP contribution in [0.2, 0.25) is 0 Å². The van der Waals surface area contributed by atoms with E-state index in [0.717, 1.165) is 42.8 Å². The van der Waals surface area contributed by atoms with Crippen molar-refractivity contribution in [2.24, 2.45) is 0 Å².